The van der Waals surface area contributed by atoms with E-state index in [9.17, 15) is 18.4 Å². The number of piperazine rings is 1. The van der Waals surface area contributed by atoms with Gasteiger partial charge in [0, 0.05) is 43.5 Å². The number of carbonyl (C=O) groups excluding carboxylic acids is 2. The minimum absolute atomic E-state index is 0.0518. The predicted octanol–water partition coefficient (Wildman–Crippen LogP) is 3.91. The van der Waals surface area contributed by atoms with E-state index in [1.165, 1.54) is 12.1 Å². The van der Waals surface area contributed by atoms with Crippen LogP contribution in [0.4, 0.5) is 20.2 Å². The van der Waals surface area contributed by atoms with E-state index in [2.05, 4.69) is 5.32 Å². The average Bonchev–Trinajstić information content (AvgIpc) is 2.75. The van der Waals surface area contributed by atoms with Crippen molar-refractivity contribution in [3.63, 3.8) is 0 Å². The van der Waals surface area contributed by atoms with Crippen LogP contribution in [0.5, 0.6) is 0 Å². The fourth-order valence-corrected chi connectivity index (χ4v) is 4.13. The van der Waals surface area contributed by atoms with Gasteiger partial charge in [0.2, 0.25) is 5.91 Å². The number of fused-ring (bicyclic) bond motifs is 1. The maximum Gasteiger partial charge on any atom is 0.242 e. The maximum absolute atomic E-state index is 13.8. The van der Waals surface area contributed by atoms with Crippen LogP contribution in [0.15, 0.2) is 36.4 Å². The fourth-order valence-electron chi connectivity index (χ4n) is 4.02. The number of hydrogen-bond donors (Lipinski definition) is 1. The second-order valence-electron chi connectivity index (χ2n) is 7.85. The van der Waals surface area contributed by atoms with E-state index in [1.807, 2.05) is 30.0 Å². The van der Waals surface area contributed by atoms with Crippen molar-refractivity contribution < 1.29 is 18.4 Å². The van der Waals surface area contributed by atoms with Gasteiger partial charge in [0.25, 0.3) is 0 Å². The van der Waals surface area contributed by atoms with E-state index >= 15 is 0 Å². The monoisotopic (exact) mass is 445 g/mol. The summed E-state index contributed by atoms with van der Waals surface area (Å²) in [6.45, 7) is 3.42. The van der Waals surface area contributed by atoms with Gasteiger partial charge < -0.3 is 15.1 Å². The Balaban J connectivity index is 1.36. The fraction of sp³-hybridized carbons (Fsp3) is 0.304. The molecule has 0 radical (unpaired) electrons. The van der Waals surface area contributed by atoms with E-state index in [1.54, 1.807) is 17.1 Å². The van der Waals surface area contributed by atoms with Gasteiger partial charge in [-0.3, -0.25) is 9.59 Å². The Hall–Kier alpha value is -2.93. The van der Waals surface area contributed by atoms with Gasteiger partial charge in [-0.05, 0) is 48.4 Å². The van der Waals surface area contributed by atoms with Crippen LogP contribution in [0.2, 0.25) is 5.02 Å². The summed E-state index contributed by atoms with van der Waals surface area (Å²) in [7, 11) is 0. The van der Waals surface area contributed by atoms with Gasteiger partial charge >= 0.3 is 0 Å². The van der Waals surface area contributed by atoms with Crippen LogP contribution in [-0.4, -0.2) is 48.8 Å². The predicted molar refractivity (Wildman–Crippen MR) is 117 cm³/mol. The largest absolute Gasteiger partial charge is 0.376 e. The molecule has 2 aromatic rings. The molecule has 1 aliphatic heterocycles. The van der Waals surface area contributed by atoms with Crippen molar-refractivity contribution in [1.29, 1.82) is 0 Å². The lowest BCUT2D eigenvalue weighted by molar-refractivity contribution is -0.131. The SMILES string of the molecule is C[C@@H]1CN(c2cc(F)c(Cl)c(F)c2)CCN1C(=O)CNc1ccc2c(c1)C=CC(=O)C2. The third-order valence-electron chi connectivity index (χ3n) is 5.68. The summed E-state index contributed by atoms with van der Waals surface area (Å²) in [6.07, 6.45) is 3.75. The summed E-state index contributed by atoms with van der Waals surface area (Å²) in [5, 5.41) is 2.64. The Bertz CT molecular complexity index is 1050. The average molecular weight is 446 g/mol. The van der Waals surface area contributed by atoms with Crippen LogP contribution in [0.1, 0.15) is 18.1 Å². The molecule has 1 aliphatic carbocycles. The van der Waals surface area contributed by atoms with E-state index in [-0.39, 0.29) is 24.3 Å². The van der Waals surface area contributed by atoms with Gasteiger partial charge in [-0.25, -0.2) is 8.78 Å². The summed E-state index contributed by atoms with van der Waals surface area (Å²) >= 11 is 5.57. The number of nitrogens with zero attached hydrogens (tertiary/aromatic N) is 2. The number of benzene rings is 2. The number of ketones is 1. The molecule has 0 saturated carbocycles. The number of halogens is 3. The van der Waals surface area contributed by atoms with Crippen LogP contribution in [0.25, 0.3) is 6.08 Å². The molecule has 1 saturated heterocycles. The summed E-state index contributed by atoms with van der Waals surface area (Å²) in [5.41, 5.74) is 3.17. The molecular weight excluding hydrogens is 424 g/mol. The van der Waals surface area contributed by atoms with Gasteiger partial charge in [-0.1, -0.05) is 23.7 Å². The Morgan fingerprint density at radius 3 is 2.61 bits per heavy atom. The zero-order valence-corrected chi connectivity index (χ0v) is 17.8. The van der Waals surface area contributed by atoms with Crippen LogP contribution in [0.3, 0.4) is 0 Å². The molecule has 1 heterocycles. The second-order valence-corrected chi connectivity index (χ2v) is 8.23. The summed E-state index contributed by atoms with van der Waals surface area (Å²) in [5.74, 6) is -1.56. The molecule has 0 aromatic heterocycles. The Labute approximate surface area is 184 Å². The molecule has 1 N–H and O–H groups in total. The molecule has 1 atom stereocenters. The highest BCUT2D eigenvalue weighted by atomic mass is 35.5. The molecule has 2 aliphatic rings. The topological polar surface area (TPSA) is 52.6 Å². The van der Waals surface area contributed by atoms with Crippen LogP contribution < -0.4 is 10.2 Å². The molecular formula is C23H22ClF2N3O2. The lowest BCUT2D eigenvalue weighted by Gasteiger charge is -2.41. The highest BCUT2D eigenvalue weighted by molar-refractivity contribution is 6.31. The highest BCUT2D eigenvalue weighted by Gasteiger charge is 2.28. The molecule has 4 rings (SSSR count). The number of allylic oxidation sites excluding steroid dienone is 1. The number of rotatable bonds is 4. The first-order valence-corrected chi connectivity index (χ1v) is 10.5. The molecule has 8 heteroatoms. The van der Waals surface area contributed by atoms with Crippen molar-refractivity contribution in [1.82, 2.24) is 4.90 Å². The standard InChI is InChI=1S/C23H22ClF2N3O2/c1-14-13-28(18-10-20(25)23(24)21(26)11-18)6-7-29(14)22(31)12-27-17-4-2-16-9-19(30)5-3-15(16)8-17/h2-5,8,10-11,14,27H,6-7,9,12-13H2,1H3/t14-/m1/s1. The van der Waals surface area contributed by atoms with Gasteiger partial charge in [0.1, 0.15) is 16.7 Å². The summed E-state index contributed by atoms with van der Waals surface area (Å²) < 4.78 is 27.6. The molecule has 0 spiro atoms. The van der Waals surface area contributed by atoms with Gasteiger partial charge in [0.05, 0.1) is 6.54 Å². The van der Waals surface area contributed by atoms with Crippen molar-refractivity contribution in [3.8, 4) is 0 Å². The lowest BCUT2D eigenvalue weighted by atomic mass is 9.96. The van der Waals surface area contributed by atoms with Crippen LogP contribution in [-0.2, 0) is 16.0 Å². The van der Waals surface area contributed by atoms with Crippen LogP contribution >= 0.6 is 11.6 Å². The van der Waals surface area contributed by atoms with E-state index in [0.29, 0.717) is 31.7 Å². The Kier molecular flexibility index (Phi) is 5.96. The van der Waals surface area contributed by atoms with Gasteiger partial charge in [0.15, 0.2) is 5.78 Å². The number of anilines is 2. The molecule has 2 aromatic carbocycles. The molecule has 0 unspecified atom stereocenters. The van der Waals surface area contributed by atoms with Crippen molar-refractivity contribution in [2.75, 3.05) is 36.4 Å². The normalized spacial score (nSPS) is 18.2. The first-order valence-electron chi connectivity index (χ1n) is 10.1. The third-order valence-corrected chi connectivity index (χ3v) is 6.05. The first kappa shape index (κ1) is 21.3. The molecule has 1 fully saturated rings. The minimum atomic E-state index is -0.795. The quantitative estimate of drug-likeness (QED) is 0.725. The second kappa shape index (κ2) is 8.67. The van der Waals surface area contributed by atoms with Crippen molar-refractivity contribution in [2.45, 2.75) is 19.4 Å². The number of nitrogens with one attached hydrogen (secondary N) is 1. The number of hydrogen-bond acceptors (Lipinski definition) is 4. The smallest absolute Gasteiger partial charge is 0.242 e. The molecule has 0 bridgehead atoms. The molecule has 5 nitrogen and oxygen atoms in total. The van der Waals surface area contributed by atoms with E-state index in [4.69, 9.17) is 11.6 Å². The highest BCUT2D eigenvalue weighted by Crippen LogP contribution is 2.27. The van der Waals surface area contributed by atoms with Gasteiger partial charge in [-0.2, -0.15) is 0 Å². The molecule has 31 heavy (non-hydrogen) atoms. The maximum atomic E-state index is 13.8. The Morgan fingerprint density at radius 2 is 1.90 bits per heavy atom. The van der Waals surface area contributed by atoms with Crippen LogP contribution in [0, 0.1) is 11.6 Å². The molecule has 162 valence electrons. The van der Waals surface area contributed by atoms with E-state index < -0.39 is 16.7 Å². The first-order chi connectivity index (χ1) is 14.8. The third kappa shape index (κ3) is 4.56. The summed E-state index contributed by atoms with van der Waals surface area (Å²) in [6, 6.07) is 8.00. The Morgan fingerprint density at radius 1 is 1.16 bits per heavy atom. The molecule has 1 amide bonds. The lowest BCUT2D eigenvalue weighted by Crippen LogP contribution is -2.55. The van der Waals surface area contributed by atoms with E-state index in [0.717, 1.165) is 16.8 Å². The number of amides is 1. The zero-order valence-electron chi connectivity index (χ0n) is 17.0. The summed E-state index contributed by atoms with van der Waals surface area (Å²) in [4.78, 5) is 27.9. The zero-order chi connectivity index (χ0) is 22.1. The van der Waals surface area contributed by atoms with Crippen molar-refractivity contribution in [2.24, 2.45) is 0 Å². The number of carbonyl (C=O) groups is 2. The van der Waals surface area contributed by atoms with Gasteiger partial charge in [-0.15, -0.1) is 0 Å². The minimum Gasteiger partial charge on any atom is -0.376 e. The van der Waals surface area contributed by atoms with Crippen molar-refractivity contribution in [3.05, 3.63) is 64.2 Å². The van der Waals surface area contributed by atoms with Crippen molar-refractivity contribution >= 4 is 40.7 Å².